The fourth-order valence-corrected chi connectivity index (χ4v) is 2.76. The number of hydrogen-bond donors (Lipinski definition) is 2. The van der Waals surface area contributed by atoms with Gasteiger partial charge in [-0.25, -0.2) is 4.98 Å². The van der Waals surface area contributed by atoms with E-state index in [1.165, 1.54) is 5.82 Å². The highest BCUT2D eigenvalue weighted by Crippen LogP contribution is 2.15. The van der Waals surface area contributed by atoms with E-state index in [0.29, 0.717) is 0 Å². The molecule has 2 heterocycles. The van der Waals surface area contributed by atoms with Gasteiger partial charge in [-0.15, -0.1) is 0 Å². The Labute approximate surface area is 115 Å². The van der Waals surface area contributed by atoms with Crippen LogP contribution in [0.15, 0.2) is 12.4 Å². The largest absolute Gasteiger partial charge is 0.394 e. The van der Waals surface area contributed by atoms with Gasteiger partial charge in [0.2, 0.25) is 0 Å². The number of rotatable bonds is 7. The van der Waals surface area contributed by atoms with Gasteiger partial charge in [0.25, 0.3) is 0 Å². The van der Waals surface area contributed by atoms with Gasteiger partial charge in [-0.1, -0.05) is 6.92 Å². The standard InChI is InChI=1S/C14H26N4O/c1-3-16-14(2,12-19)5-4-7-17-9-10-18-8-6-15-13(18)11-17/h6,8,16,19H,3-5,7,9-12H2,1-2H3. The van der Waals surface area contributed by atoms with Crippen LogP contribution >= 0.6 is 0 Å². The fraction of sp³-hybridized carbons (Fsp3) is 0.786. The molecule has 2 N–H and O–H groups in total. The second kappa shape index (κ2) is 6.50. The molecule has 19 heavy (non-hydrogen) atoms. The monoisotopic (exact) mass is 266 g/mol. The zero-order valence-electron chi connectivity index (χ0n) is 12.1. The minimum absolute atomic E-state index is 0.136. The normalized spacial score (nSPS) is 19.1. The molecular formula is C14H26N4O. The van der Waals surface area contributed by atoms with Crippen molar-refractivity contribution in [3.05, 3.63) is 18.2 Å². The molecule has 1 aliphatic rings. The van der Waals surface area contributed by atoms with Gasteiger partial charge >= 0.3 is 0 Å². The number of aromatic nitrogens is 2. The van der Waals surface area contributed by atoms with Gasteiger partial charge in [-0.3, -0.25) is 4.90 Å². The third kappa shape index (κ3) is 3.78. The lowest BCUT2D eigenvalue weighted by Crippen LogP contribution is -2.46. The van der Waals surface area contributed by atoms with E-state index in [2.05, 4.69) is 39.8 Å². The number of likely N-dealkylation sites (N-methyl/N-ethyl adjacent to an activating group) is 1. The first-order chi connectivity index (χ1) is 9.17. The summed E-state index contributed by atoms with van der Waals surface area (Å²) in [6, 6.07) is 0. The Morgan fingerprint density at radius 3 is 3.05 bits per heavy atom. The van der Waals surface area contributed by atoms with Gasteiger partial charge in [0.05, 0.1) is 13.2 Å². The van der Waals surface area contributed by atoms with Crippen LogP contribution in [-0.4, -0.2) is 51.3 Å². The van der Waals surface area contributed by atoms with Gasteiger partial charge in [-0.2, -0.15) is 0 Å². The summed E-state index contributed by atoms with van der Waals surface area (Å²) in [7, 11) is 0. The predicted octanol–water partition coefficient (Wildman–Crippen LogP) is 0.839. The molecule has 1 aromatic rings. The van der Waals surface area contributed by atoms with E-state index in [0.717, 1.165) is 45.6 Å². The van der Waals surface area contributed by atoms with Crippen molar-refractivity contribution in [3.8, 4) is 0 Å². The number of nitrogens with zero attached hydrogens (tertiary/aromatic N) is 3. The van der Waals surface area contributed by atoms with Gasteiger partial charge in [0.15, 0.2) is 0 Å². The zero-order chi connectivity index (χ0) is 13.7. The molecule has 1 aliphatic heterocycles. The molecule has 0 amide bonds. The highest BCUT2D eigenvalue weighted by Gasteiger charge is 2.22. The summed E-state index contributed by atoms with van der Waals surface area (Å²) in [5.41, 5.74) is -0.136. The van der Waals surface area contributed by atoms with Crippen LogP contribution in [-0.2, 0) is 13.1 Å². The van der Waals surface area contributed by atoms with Crippen molar-refractivity contribution < 1.29 is 5.11 Å². The molecule has 0 bridgehead atoms. The molecule has 0 radical (unpaired) electrons. The summed E-state index contributed by atoms with van der Waals surface area (Å²) in [6.45, 7) is 9.44. The summed E-state index contributed by atoms with van der Waals surface area (Å²) >= 11 is 0. The molecule has 0 aliphatic carbocycles. The first-order valence-electron chi connectivity index (χ1n) is 7.25. The van der Waals surface area contributed by atoms with Gasteiger partial charge < -0.3 is 15.0 Å². The number of imidazole rings is 1. The molecule has 0 fully saturated rings. The van der Waals surface area contributed by atoms with Crippen LogP contribution in [0.4, 0.5) is 0 Å². The molecule has 1 unspecified atom stereocenters. The number of hydrogen-bond acceptors (Lipinski definition) is 4. The van der Waals surface area contributed by atoms with E-state index < -0.39 is 0 Å². The van der Waals surface area contributed by atoms with E-state index in [-0.39, 0.29) is 12.1 Å². The van der Waals surface area contributed by atoms with Crippen LogP contribution in [0.5, 0.6) is 0 Å². The molecule has 0 aromatic carbocycles. The predicted molar refractivity (Wildman–Crippen MR) is 75.9 cm³/mol. The molecule has 108 valence electrons. The highest BCUT2D eigenvalue weighted by atomic mass is 16.3. The van der Waals surface area contributed by atoms with Crippen LogP contribution in [0, 0.1) is 0 Å². The Balaban J connectivity index is 1.75. The second-order valence-electron chi connectivity index (χ2n) is 5.67. The number of fused-ring (bicyclic) bond motifs is 1. The maximum absolute atomic E-state index is 9.47. The van der Waals surface area contributed by atoms with E-state index in [9.17, 15) is 5.11 Å². The van der Waals surface area contributed by atoms with Crippen molar-refractivity contribution in [2.75, 3.05) is 26.2 Å². The lowest BCUT2D eigenvalue weighted by Gasteiger charge is -2.31. The molecule has 0 saturated carbocycles. The van der Waals surface area contributed by atoms with Crippen LogP contribution in [0.25, 0.3) is 0 Å². The SMILES string of the molecule is CCNC(C)(CO)CCCN1CCn2ccnc2C1. The van der Waals surface area contributed by atoms with Gasteiger partial charge in [0, 0.05) is 31.0 Å². The lowest BCUT2D eigenvalue weighted by atomic mass is 9.96. The Bertz CT molecular complexity index is 393. The topological polar surface area (TPSA) is 53.3 Å². The first-order valence-corrected chi connectivity index (χ1v) is 7.25. The Morgan fingerprint density at radius 1 is 1.47 bits per heavy atom. The Hall–Kier alpha value is -0.910. The molecule has 1 aromatic heterocycles. The van der Waals surface area contributed by atoms with E-state index in [1.54, 1.807) is 0 Å². The van der Waals surface area contributed by atoms with E-state index in [1.807, 2.05) is 6.20 Å². The average Bonchev–Trinajstić information content (AvgIpc) is 2.86. The maximum Gasteiger partial charge on any atom is 0.122 e. The fourth-order valence-electron chi connectivity index (χ4n) is 2.76. The summed E-state index contributed by atoms with van der Waals surface area (Å²) in [5.74, 6) is 1.17. The molecular weight excluding hydrogens is 240 g/mol. The number of aliphatic hydroxyl groups excluding tert-OH is 1. The quantitative estimate of drug-likeness (QED) is 0.768. The Morgan fingerprint density at radius 2 is 2.32 bits per heavy atom. The summed E-state index contributed by atoms with van der Waals surface area (Å²) in [5, 5.41) is 12.8. The van der Waals surface area contributed by atoms with Crippen LogP contribution in [0.1, 0.15) is 32.5 Å². The van der Waals surface area contributed by atoms with Crippen molar-refractivity contribution in [1.29, 1.82) is 0 Å². The lowest BCUT2D eigenvalue weighted by molar-refractivity contribution is 0.152. The van der Waals surface area contributed by atoms with Crippen LogP contribution in [0.3, 0.4) is 0 Å². The third-order valence-electron chi connectivity index (χ3n) is 3.98. The van der Waals surface area contributed by atoms with Crippen LogP contribution in [0.2, 0.25) is 0 Å². The number of nitrogens with one attached hydrogen (secondary N) is 1. The summed E-state index contributed by atoms with van der Waals surface area (Å²) < 4.78 is 2.23. The molecule has 0 spiro atoms. The maximum atomic E-state index is 9.47. The zero-order valence-corrected chi connectivity index (χ0v) is 12.1. The van der Waals surface area contributed by atoms with Crippen molar-refractivity contribution in [1.82, 2.24) is 19.8 Å². The molecule has 1 atom stereocenters. The van der Waals surface area contributed by atoms with E-state index in [4.69, 9.17) is 0 Å². The minimum Gasteiger partial charge on any atom is -0.394 e. The van der Waals surface area contributed by atoms with Crippen molar-refractivity contribution in [3.63, 3.8) is 0 Å². The van der Waals surface area contributed by atoms with Crippen molar-refractivity contribution in [2.45, 2.75) is 45.3 Å². The number of aliphatic hydroxyl groups is 1. The molecule has 5 heteroatoms. The summed E-state index contributed by atoms with van der Waals surface area (Å²) in [4.78, 5) is 6.83. The molecule has 2 rings (SSSR count). The highest BCUT2D eigenvalue weighted by molar-refractivity contribution is 4.95. The van der Waals surface area contributed by atoms with Gasteiger partial charge in [-0.05, 0) is 32.9 Å². The van der Waals surface area contributed by atoms with Crippen molar-refractivity contribution >= 4 is 0 Å². The second-order valence-corrected chi connectivity index (χ2v) is 5.67. The minimum atomic E-state index is -0.136. The third-order valence-corrected chi connectivity index (χ3v) is 3.98. The first kappa shape index (κ1) is 14.5. The molecule has 5 nitrogen and oxygen atoms in total. The van der Waals surface area contributed by atoms with Gasteiger partial charge in [0.1, 0.15) is 5.82 Å². The average molecular weight is 266 g/mol. The van der Waals surface area contributed by atoms with Crippen LogP contribution < -0.4 is 5.32 Å². The summed E-state index contributed by atoms with van der Waals surface area (Å²) in [6.07, 6.45) is 6.04. The smallest absolute Gasteiger partial charge is 0.122 e. The van der Waals surface area contributed by atoms with E-state index >= 15 is 0 Å². The molecule has 0 saturated heterocycles. The van der Waals surface area contributed by atoms with Crippen molar-refractivity contribution in [2.24, 2.45) is 0 Å². The Kier molecular flexibility index (Phi) is 4.96.